The van der Waals surface area contributed by atoms with Crippen molar-refractivity contribution in [3.05, 3.63) is 0 Å². The van der Waals surface area contributed by atoms with E-state index in [4.69, 9.17) is 21.1 Å². The summed E-state index contributed by atoms with van der Waals surface area (Å²) in [6.45, 7) is 3.66. The molecule has 4 atom stereocenters. The van der Waals surface area contributed by atoms with Crippen molar-refractivity contribution in [3.8, 4) is 0 Å². The maximum Gasteiger partial charge on any atom is 0.471 e. The number of halogens is 4. The van der Waals surface area contributed by atoms with Gasteiger partial charge in [0.15, 0.2) is 0 Å². The first kappa shape index (κ1) is 15.5. The zero-order valence-corrected chi connectivity index (χ0v) is 10.7. The number of ether oxygens (including phenoxy) is 2. The van der Waals surface area contributed by atoms with Gasteiger partial charge in [-0.25, -0.2) is 0 Å². The van der Waals surface area contributed by atoms with Crippen LogP contribution in [-0.2, 0) is 14.3 Å². The Morgan fingerprint density at radius 2 is 2.17 bits per heavy atom. The molecule has 106 valence electrons. The highest BCUT2D eigenvalue weighted by molar-refractivity contribution is 6.19. The van der Waals surface area contributed by atoms with Crippen molar-refractivity contribution < 1.29 is 27.4 Å². The minimum Gasteiger partial charge on any atom is -0.374 e. The molecule has 4 nitrogen and oxygen atoms in total. The molecule has 8 heteroatoms. The van der Waals surface area contributed by atoms with E-state index in [2.05, 4.69) is 0 Å². The molecule has 1 heterocycles. The molecule has 0 radical (unpaired) electrons. The Kier molecular flexibility index (Phi) is 5.24. The molecule has 0 bridgehead atoms. The van der Waals surface area contributed by atoms with Crippen LogP contribution in [0.1, 0.15) is 20.3 Å². The van der Waals surface area contributed by atoms with Gasteiger partial charge in [-0.3, -0.25) is 4.79 Å². The van der Waals surface area contributed by atoms with Gasteiger partial charge >= 0.3 is 12.1 Å². The number of carbonyl (C=O) groups excluding carboxylic acids is 1. The highest BCUT2D eigenvalue weighted by atomic mass is 35.5. The molecular formula is C10H15ClF3NO3. The quantitative estimate of drug-likeness (QED) is 0.806. The van der Waals surface area contributed by atoms with E-state index in [0.29, 0.717) is 6.61 Å². The first-order chi connectivity index (χ1) is 8.25. The molecule has 0 aromatic rings. The van der Waals surface area contributed by atoms with Gasteiger partial charge in [0, 0.05) is 13.0 Å². The molecule has 1 amide bonds. The van der Waals surface area contributed by atoms with E-state index in [1.807, 2.05) is 5.32 Å². The lowest BCUT2D eigenvalue weighted by atomic mass is 10.00. The zero-order valence-electron chi connectivity index (χ0n) is 9.96. The van der Waals surface area contributed by atoms with E-state index in [0.717, 1.165) is 0 Å². The van der Waals surface area contributed by atoms with Crippen LogP contribution in [0.5, 0.6) is 0 Å². The standard InChI is InChI=1S/C10H15ClF3NO3/c1-3-17-8-5(2)18-7(11)4-6(8)15-9(16)10(12,13)14/h5-8H,3-4H2,1-2H3,(H,15,16)/t5-,6-,7+,8+/m0/s1. The van der Waals surface area contributed by atoms with Crippen LogP contribution in [0.15, 0.2) is 0 Å². The third-order valence-corrected chi connectivity index (χ3v) is 2.87. The molecule has 0 spiro atoms. The molecule has 1 aliphatic heterocycles. The van der Waals surface area contributed by atoms with Crippen LogP contribution in [0.2, 0.25) is 0 Å². The van der Waals surface area contributed by atoms with Crippen molar-refractivity contribution in [1.29, 1.82) is 0 Å². The van der Waals surface area contributed by atoms with Gasteiger partial charge in [-0.15, -0.1) is 0 Å². The topological polar surface area (TPSA) is 47.6 Å². The Balaban J connectivity index is 2.72. The Hall–Kier alpha value is -0.530. The normalized spacial score (nSPS) is 33.2. The van der Waals surface area contributed by atoms with Gasteiger partial charge in [-0.2, -0.15) is 13.2 Å². The molecule has 0 unspecified atom stereocenters. The Morgan fingerprint density at radius 1 is 1.56 bits per heavy atom. The molecular weight excluding hydrogens is 275 g/mol. The van der Waals surface area contributed by atoms with Crippen LogP contribution in [-0.4, -0.2) is 42.5 Å². The van der Waals surface area contributed by atoms with Crippen molar-refractivity contribution in [2.45, 2.75) is 50.3 Å². The third kappa shape index (κ3) is 4.00. The fourth-order valence-corrected chi connectivity index (χ4v) is 2.22. The summed E-state index contributed by atoms with van der Waals surface area (Å²) in [6, 6.07) is -0.815. The first-order valence-electron chi connectivity index (χ1n) is 5.54. The summed E-state index contributed by atoms with van der Waals surface area (Å²) in [4.78, 5) is 10.9. The highest BCUT2D eigenvalue weighted by Crippen LogP contribution is 2.26. The summed E-state index contributed by atoms with van der Waals surface area (Å²) in [7, 11) is 0. The van der Waals surface area contributed by atoms with Crippen LogP contribution in [0, 0.1) is 0 Å². The van der Waals surface area contributed by atoms with Crippen molar-refractivity contribution in [2.24, 2.45) is 0 Å². The van der Waals surface area contributed by atoms with Gasteiger partial charge in [-0.1, -0.05) is 11.6 Å². The number of amides is 1. The van der Waals surface area contributed by atoms with Gasteiger partial charge in [0.25, 0.3) is 0 Å². The maximum atomic E-state index is 12.2. The van der Waals surface area contributed by atoms with E-state index < -0.39 is 35.9 Å². The SMILES string of the molecule is CCO[C@H]1[C@@H](NC(=O)C(F)(F)F)C[C@H](Cl)O[C@H]1C. The summed E-state index contributed by atoms with van der Waals surface area (Å²) in [5.41, 5.74) is -0.741. The van der Waals surface area contributed by atoms with Gasteiger partial charge in [0.05, 0.1) is 12.1 Å². The minimum absolute atomic E-state index is 0.0678. The van der Waals surface area contributed by atoms with Crippen LogP contribution in [0.3, 0.4) is 0 Å². The summed E-state index contributed by atoms with van der Waals surface area (Å²) < 4.78 is 47.1. The van der Waals surface area contributed by atoms with E-state index in [1.54, 1.807) is 13.8 Å². The minimum atomic E-state index is -4.92. The molecule has 1 aliphatic rings. The van der Waals surface area contributed by atoms with Crippen LogP contribution in [0.25, 0.3) is 0 Å². The summed E-state index contributed by atoms with van der Waals surface area (Å²) >= 11 is 5.76. The van der Waals surface area contributed by atoms with Gasteiger partial charge in [0.1, 0.15) is 11.7 Å². The number of nitrogens with one attached hydrogen (secondary N) is 1. The molecule has 1 rings (SSSR count). The highest BCUT2D eigenvalue weighted by Gasteiger charge is 2.44. The molecule has 1 saturated heterocycles. The molecule has 0 aromatic carbocycles. The number of alkyl halides is 4. The van der Waals surface area contributed by atoms with E-state index in [1.165, 1.54) is 0 Å². The lowest BCUT2D eigenvalue weighted by molar-refractivity contribution is -0.179. The lowest BCUT2D eigenvalue weighted by Gasteiger charge is -2.38. The van der Waals surface area contributed by atoms with Gasteiger partial charge in [0.2, 0.25) is 0 Å². The van der Waals surface area contributed by atoms with Crippen molar-refractivity contribution in [2.75, 3.05) is 6.61 Å². The zero-order chi connectivity index (χ0) is 13.9. The second-order valence-corrected chi connectivity index (χ2v) is 4.47. The third-order valence-electron chi connectivity index (χ3n) is 2.59. The molecule has 0 aromatic heterocycles. The number of hydrogen-bond acceptors (Lipinski definition) is 3. The Labute approximate surface area is 108 Å². The van der Waals surface area contributed by atoms with E-state index in [-0.39, 0.29) is 6.42 Å². The molecule has 0 saturated carbocycles. The Morgan fingerprint density at radius 3 is 2.67 bits per heavy atom. The van der Waals surface area contributed by atoms with Gasteiger partial charge < -0.3 is 14.8 Å². The predicted molar refractivity (Wildman–Crippen MR) is 58.2 cm³/mol. The van der Waals surface area contributed by atoms with E-state index >= 15 is 0 Å². The van der Waals surface area contributed by atoms with Crippen molar-refractivity contribution in [3.63, 3.8) is 0 Å². The van der Waals surface area contributed by atoms with Crippen molar-refractivity contribution >= 4 is 17.5 Å². The van der Waals surface area contributed by atoms with Crippen LogP contribution in [0.4, 0.5) is 13.2 Å². The van der Waals surface area contributed by atoms with Crippen LogP contribution >= 0.6 is 11.6 Å². The summed E-state index contributed by atoms with van der Waals surface area (Å²) in [5, 5.41) is 1.90. The summed E-state index contributed by atoms with van der Waals surface area (Å²) in [5.74, 6) is -1.99. The monoisotopic (exact) mass is 289 g/mol. The summed E-state index contributed by atoms with van der Waals surface area (Å²) in [6.07, 6.45) is -5.98. The fraction of sp³-hybridized carbons (Fsp3) is 0.900. The van der Waals surface area contributed by atoms with Crippen molar-refractivity contribution in [1.82, 2.24) is 5.32 Å². The van der Waals surface area contributed by atoms with Crippen LogP contribution < -0.4 is 5.32 Å². The average molecular weight is 290 g/mol. The number of hydrogen-bond donors (Lipinski definition) is 1. The largest absolute Gasteiger partial charge is 0.471 e. The first-order valence-corrected chi connectivity index (χ1v) is 5.98. The second-order valence-electron chi connectivity index (χ2n) is 3.98. The molecule has 18 heavy (non-hydrogen) atoms. The number of carbonyl (C=O) groups is 1. The molecule has 1 fully saturated rings. The molecule has 1 N–H and O–H groups in total. The fourth-order valence-electron chi connectivity index (χ4n) is 1.86. The van der Waals surface area contributed by atoms with E-state index in [9.17, 15) is 18.0 Å². The lowest BCUT2D eigenvalue weighted by Crippen LogP contribution is -2.57. The molecule has 0 aliphatic carbocycles. The second kappa shape index (κ2) is 6.08. The Bertz CT molecular complexity index is 301. The smallest absolute Gasteiger partial charge is 0.374 e. The predicted octanol–water partition coefficient (Wildman–Crippen LogP) is 1.81. The maximum absolute atomic E-state index is 12.2. The van der Waals surface area contributed by atoms with Gasteiger partial charge in [-0.05, 0) is 13.8 Å². The average Bonchev–Trinajstić information content (AvgIpc) is 2.21. The number of rotatable bonds is 3.